The van der Waals surface area contributed by atoms with E-state index in [9.17, 15) is 17.6 Å². The molecule has 6 heteroatoms. The van der Waals surface area contributed by atoms with E-state index < -0.39 is 17.8 Å². The van der Waals surface area contributed by atoms with Crippen molar-refractivity contribution in [3.63, 3.8) is 0 Å². The summed E-state index contributed by atoms with van der Waals surface area (Å²) in [6.07, 6.45) is -4.96. The fourth-order valence-corrected chi connectivity index (χ4v) is 0.888. The lowest BCUT2D eigenvalue weighted by Gasteiger charge is -2.06. The maximum Gasteiger partial charge on any atom is 0.433 e. The van der Waals surface area contributed by atoms with E-state index in [0.717, 1.165) is 6.07 Å². The third-order valence-electron chi connectivity index (χ3n) is 1.43. The van der Waals surface area contributed by atoms with Crippen molar-refractivity contribution in [2.75, 3.05) is 0 Å². The van der Waals surface area contributed by atoms with Crippen LogP contribution in [0.3, 0.4) is 0 Å². The van der Waals surface area contributed by atoms with E-state index in [1.165, 1.54) is 0 Å². The highest BCUT2D eigenvalue weighted by Crippen LogP contribution is 2.28. The summed E-state index contributed by atoms with van der Waals surface area (Å²) in [7, 11) is 0. The number of hydrogen-bond donors (Lipinski definition) is 0. The van der Waals surface area contributed by atoms with Gasteiger partial charge in [0.1, 0.15) is 5.69 Å². The van der Waals surface area contributed by atoms with Gasteiger partial charge in [-0.05, 0) is 17.7 Å². The predicted molar refractivity (Wildman–Crippen MR) is 38.5 cm³/mol. The van der Waals surface area contributed by atoms with Crippen molar-refractivity contribution in [3.8, 4) is 6.07 Å². The van der Waals surface area contributed by atoms with Crippen molar-refractivity contribution in [2.45, 2.75) is 12.6 Å². The fourth-order valence-electron chi connectivity index (χ4n) is 0.888. The minimum atomic E-state index is -4.69. The molecule has 2 nitrogen and oxygen atoms in total. The number of rotatable bonds is 1. The summed E-state index contributed by atoms with van der Waals surface area (Å²) in [5.41, 5.74) is -1.35. The topological polar surface area (TPSA) is 36.7 Å². The highest BCUT2D eigenvalue weighted by atomic mass is 19.4. The SMILES string of the molecule is N#CCc1cc(F)nc(C(F)(F)F)c1. The molecule has 1 aromatic rings. The molecule has 1 heterocycles. The predicted octanol–water partition coefficient (Wildman–Crippen LogP) is 2.31. The van der Waals surface area contributed by atoms with Gasteiger partial charge in [-0.3, -0.25) is 0 Å². The second kappa shape index (κ2) is 3.62. The number of aromatic nitrogens is 1. The fraction of sp³-hybridized carbons (Fsp3) is 0.250. The van der Waals surface area contributed by atoms with Crippen molar-refractivity contribution in [1.82, 2.24) is 4.98 Å². The van der Waals surface area contributed by atoms with Crippen LogP contribution < -0.4 is 0 Å². The standard InChI is InChI=1S/C8H4F4N2/c9-7-4-5(1-2-13)3-6(14-7)8(10,11)12/h3-4H,1H2. The van der Waals surface area contributed by atoms with Crippen LogP contribution in [0.2, 0.25) is 0 Å². The molecule has 0 aromatic carbocycles. The Morgan fingerprint density at radius 2 is 2.00 bits per heavy atom. The van der Waals surface area contributed by atoms with E-state index in [0.29, 0.717) is 6.07 Å². The van der Waals surface area contributed by atoms with Crippen molar-refractivity contribution in [1.29, 1.82) is 5.26 Å². The maximum atomic E-state index is 12.6. The second-order valence-electron chi connectivity index (χ2n) is 2.52. The van der Waals surface area contributed by atoms with Crippen LogP contribution >= 0.6 is 0 Å². The maximum absolute atomic E-state index is 12.6. The van der Waals surface area contributed by atoms with Gasteiger partial charge in [-0.1, -0.05) is 0 Å². The van der Waals surface area contributed by atoms with Crippen LogP contribution in [0.5, 0.6) is 0 Å². The first-order valence-corrected chi connectivity index (χ1v) is 3.54. The van der Waals surface area contributed by atoms with Gasteiger partial charge in [0.15, 0.2) is 0 Å². The zero-order valence-electron chi connectivity index (χ0n) is 6.77. The lowest BCUT2D eigenvalue weighted by molar-refractivity contribution is -0.141. The van der Waals surface area contributed by atoms with Gasteiger partial charge in [-0.2, -0.15) is 22.8 Å². The molecule has 0 aliphatic carbocycles. The molecule has 0 saturated heterocycles. The lowest BCUT2D eigenvalue weighted by Crippen LogP contribution is -2.09. The summed E-state index contributed by atoms with van der Waals surface area (Å²) in [5, 5.41) is 8.23. The molecule has 0 amide bonds. The van der Waals surface area contributed by atoms with Gasteiger partial charge in [0.2, 0.25) is 5.95 Å². The molecule has 1 aromatic heterocycles. The van der Waals surface area contributed by atoms with Crippen LogP contribution in [0, 0.1) is 17.3 Å². The zero-order chi connectivity index (χ0) is 10.8. The first-order valence-electron chi connectivity index (χ1n) is 3.54. The molecule has 0 unspecified atom stereocenters. The molecule has 0 spiro atoms. The highest BCUT2D eigenvalue weighted by Gasteiger charge is 2.33. The van der Waals surface area contributed by atoms with Crippen molar-refractivity contribution >= 4 is 0 Å². The average molecular weight is 204 g/mol. The average Bonchev–Trinajstić information content (AvgIpc) is 2.02. The summed E-state index contributed by atoms with van der Waals surface area (Å²) >= 11 is 0. The summed E-state index contributed by atoms with van der Waals surface area (Å²) < 4.78 is 48.8. The number of halogens is 4. The van der Waals surface area contributed by atoms with Gasteiger partial charge in [-0.15, -0.1) is 0 Å². The Balaban J connectivity index is 3.15. The van der Waals surface area contributed by atoms with Gasteiger partial charge in [-0.25, -0.2) is 4.98 Å². The Kier molecular flexibility index (Phi) is 2.70. The summed E-state index contributed by atoms with van der Waals surface area (Å²) in [6, 6.07) is 3.09. The van der Waals surface area contributed by atoms with Crippen LogP contribution in [0.4, 0.5) is 17.6 Å². The zero-order valence-corrected chi connectivity index (χ0v) is 6.77. The molecule has 0 bridgehead atoms. The number of pyridine rings is 1. The van der Waals surface area contributed by atoms with Gasteiger partial charge < -0.3 is 0 Å². The summed E-state index contributed by atoms with van der Waals surface area (Å²) in [4.78, 5) is 2.69. The van der Waals surface area contributed by atoms with Crippen molar-refractivity contribution in [2.24, 2.45) is 0 Å². The molecule has 0 radical (unpaired) electrons. The van der Waals surface area contributed by atoms with E-state index in [1.807, 2.05) is 0 Å². The summed E-state index contributed by atoms with van der Waals surface area (Å²) in [5.74, 6) is -1.23. The second-order valence-corrected chi connectivity index (χ2v) is 2.52. The van der Waals surface area contributed by atoms with E-state index in [1.54, 1.807) is 6.07 Å². The number of nitriles is 1. The van der Waals surface area contributed by atoms with E-state index >= 15 is 0 Å². The summed E-state index contributed by atoms with van der Waals surface area (Å²) in [6.45, 7) is 0. The monoisotopic (exact) mass is 204 g/mol. The number of alkyl halides is 3. The molecule has 0 aliphatic heterocycles. The van der Waals surface area contributed by atoms with Crippen LogP contribution in [-0.4, -0.2) is 4.98 Å². The number of nitrogens with zero attached hydrogens (tertiary/aromatic N) is 2. The Morgan fingerprint density at radius 1 is 1.36 bits per heavy atom. The molecular formula is C8H4F4N2. The van der Waals surface area contributed by atoms with Crippen LogP contribution in [0.1, 0.15) is 11.3 Å². The molecule has 14 heavy (non-hydrogen) atoms. The molecule has 0 fully saturated rings. The third kappa shape index (κ3) is 2.42. The number of hydrogen-bond acceptors (Lipinski definition) is 2. The minimum absolute atomic E-state index is 0.0349. The van der Waals surface area contributed by atoms with Crippen molar-refractivity contribution in [3.05, 3.63) is 29.3 Å². The van der Waals surface area contributed by atoms with Crippen LogP contribution in [-0.2, 0) is 12.6 Å². The first-order chi connectivity index (χ1) is 6.43. The van der Waals surface area contributed by atoms with E-state index in [-0.39, 0.29) is 12.0 Å². The first kappa shape index (κ1) is 10.4. The Morgan fingerprint density at radius 3 is 2.50 bits per heavy atom. The Bertz CT molecular complexity index is 378. The van der Waals surface area contributed by atoms with Crippen LogP contribution in [0.25, 0.3) is 0 Å². The lowest BCUT2D eigenvalue weighted by atomic mass is 10.2. The van der Waals surface area contributed by atoms with E-state index in [4.69, 9.17) is 5.26 Å². The van der Waals surface area contributed by atoms with Gasteiger partial charge in [0.25, 0.3) is 0 Å². The Hall–Kier alpha value is -1.64. The smallest absolute Gasteiger partial charge is 0.215 e. The molecule has 1 rings (SSSR count). The minimum Gasteiger partial charge on any atom is -0.215 e. The van der Waals surface area contributed by atoms with Crippen molar-refractivity contribution < 1.29 is 17.6 Å². The molecule has 74 valence electrons. The third-order valence-corrected chi connectivity index (χ3v) is 1.43. The molecule has 0 saturated carbocycles. The molecule has 0 atom stereocenters. The van der Waals surface area contributed by atoms with Crippen LogP contribution in [0.15, 0.2) is 12.1 Å². The highest BCUT2D eigenvalue weighted by molar-refractivity contribution is 5.21. The Labute approximate surface area is 76.8 Å². The van der Waals surface area contributed by atoms with Gasteiger partial charge in [0, 0.05) is 0 Å². The molecule has 0 N–H and O–H groups in total. The van der Waals surface area contributed by atoms with E-state index in [2.05, 4.69) is 4.98 Å². The van der Waals surface area contributed by atoms with Gasteiger partial charge in [0.05, 0.1) is 12.5 Å². The molecule has 0 aliphatic rings. The normalized spacial score (nSPS) is 11.1. The molecular weight excluding hydrogens is 200 g/mol. The van der Waals surface area contributed by atoms with Gasteiger partial charge >= 0.3 is 6.18 Å². The quantitative estimate of drug-likeness (QED) is 0.519. The largest absolute Gasteiger partial charge is 0.433 e.